The van der Waals surface area contributed by atoms with Crippen molar-refractivity contribution in [2.45, 2.75) is 45.3 Å². The minimum absolute atomic E-state index is 0.132. The molecule has 0 fully saturated rings. The van der Waals surface area contributed by atoms with Gasteiger partial charge in [-0.2, -0.15) is 5.21 Å². The van der Waals surface area contributed by atoms with Crippen LogP contribution in [0, 0.1) is 6.92 Å². The summed E-state index contributed by atoms with van der Waals surface area (Å²) in [7, 11) is 0. The zero-order valence-corrected chi connectivity index (χ0v) is 22.4. The summed E-state index contributed by atoms with van der Waals surface area (Å²) in [6.45, 7) is 4.19. The number of benzene rings is 3. The Morgan fingerprint density at radius 3 is 2.55 bits per heavy atom. The highest BCUT2D eigenvalue weighted by Gasteiger charge is 2.29. The summed E-state index contributed by atoms with van der Waals surface area (Å²) in [5.74, 6) is 1.60. The highest BCUT2D eigenvalue weighted by Crippen LogP contribution is 2.41. The van der Waals surface area contributed by atoms with Gasteiger partial charge in [0.25, 0.3) is 0 Å². The van der Waals surface area contributed by atoms with E-state index in [1.807, 2.05) is 54.6 Å². The number of tetrazole rings is 1. The van der Waals surface area contributed by atoms with Crippen molar-refractivity contribution in [1.29, 1.82) is 0 Å². The molecule has 40 heavy (non-hydrogen) atoms. The molecule has 6 aromatic rings. The molecule has 198 valence electrons. The Balaban J connectivity index is 1.31. The molecule has 0 saturated heterocycles. The minimum atomic E-state index is -0.796. The summed E-state index contributed by atoms with van der Waals surface area (Å²) in [5.41, 5.74) is 10.0. The van der Waals surface area contributed by atoms with Crippen LogP contribution in [-0.2, 0) is 12.8 Å². The first-order valence-corrected chi connectivity index (χ1v) is 13.7. The van der Waals surface area contributed by atoms with Gasteiger partial charge in [0.05, 0.1) is 11.7 Å². The van der Waals surface area contributed by atoms with E-state index in [0.29, 0.717) is 11.5 Å². The third kappa shape index (κ3) is 3.99. The van der Waals surface area contributed by atoms with E-state index in [9.17, 15) is 5.11 Å². The van der Waals surface area contributed by atoms with Crippen molar-refractivity contribution in [3.05, 3.63) is 113 Å². The number of imidazole rings is 1. The Labute approximate surface area is 231 Å². The largest absolute Gasteiger partial charge is 0.382 e. The van der Waals surface area contributed by atoms with Crippen molar-refractivity contribution in [2.75, 3.05) is 0 Å². The van der Waals surface area contributed by atoms with Crippen LogP contribution < -0.4 is 0 Å². The third-order valence-corrected chi connectivity index (χ3v) is 7.97. The van der Waals surface area contributed by atoms with Crippen LogP contribution in [0.1, 0.15) is 59.3 Å². The number of hydrogen-bond donors (Lipinski definition) is 2. The van der Waals surface area contributed by atoms with Crippen molar-refractivity contribution < 1.29 is 5.11 Å². The average molecular weight is 528 g/mol. The van der Waals surface area contributed by atoms with Crippen molar-refractivity contribution in [3.63, 3.8) is 0 Å². The SMILES string of the molecule is CCc1nc2c(C)cc(C(O)c3ccccc3)nc2n1[C@H]1CCc2cc(-c3ccccc3-c3nn[nH]n3)ccc21. The molecule has 3 heterocycles. The number of aryl methyl sites for hydroxylation is 3. The second-order valence-electron chi connectivity index (χ2n) is 10.4. The van der Waals surface area contributed by atoms with E-state index >= 15 is 0 Å². The molecule has 1 aliphatic carbocycles. The monoisotopic (exact) mass is 527 g/mol. The Morgan fingerprint density at radius 1 is 0.975 bits per heavy atom. The van der Waals surface area contributed by atoms with Gasteiger partial charge in [0.2, 0.25) is 5.82 Å². The molecule has 0 spiro atoms. The topological polar surface area (TPSA) is 105 Å². The number of hydrogen-bond acceptors (Lipinski definition) is 6. The molecule has 3 aromatic heterocycles. The zero-order chi connectivity index (χ0) is 27.2. The molecule has 0 saturated carbocycles. The molecule has 8 heteroatoms. The molecule has 1 unspecified atom stereocenters. The molecular formula is C32H29N7O. The van der Waals surface area contributed by atoms with Crippen LogP contribution in [-0.4, -0.2) is 40.3 Å². The van der Waals surface area contributed by atoms with Gasteiger partial charge in [-0.05, 0) is 64.4 Å². The number of aliphatic hydroxyl groups is 1. The number of rotatable bonds is 6. The third-order valence-electron chi connectivity index (χ3n) is 7.97. The highest BCUT2D eigenvalue weighted by atomic mass is 16.3. The number of aromatic nitrogens is 7. The van der Waals surface area contributed by atoms with E-state index < -0.39 is 6.10 Å². The molecule has 1 aliphatic rings. The van der Waals surface area contributed by atoms with Crippen LogP contribution in [0.15, 0.2) is 78.9 Å². The normalized spacial score (nSPS) is 15.4. The van der Waals surface area contributed by atoms with Crippen LogP contribution in [0.5, 0.6) is 0 Å². The van der Waals surface area contributed by atoms with Gasteiger partial charge in [-0.25, -0.2) is 9.97 Å². The number of nitrogens with zero attached hydrogens (tertiary/aromatic N) is 6. The summed E-state index contributed by atoms with van der Waals surface area (Å²) in [6.07, 6.45) is 1.94. The molecule has 0 bridgehead atoms. The standard InChI is InChI=1S/C32H29N7O/c1-3-28-34-29-19(2)17-26(30(40)20-9-5-4-6-10-20)33-32(29)39(28)27-16-14-22-18-21(13-15-24(22)27)23-11-7-8-12-25(23)31-35-37-38-36-31/h4-13,15,17-18,27,30,40H,3,14,16H2,1-2H3,(H,35,36,37,38)/t27-,30?/m0/s1. The lowest BCUT2D eigenvalue weighted by molar-refractivity contribution is 0.215. The van der Waals surface area contributed by atoms with E-state index in [0.717, 1.165) is 64.1 Å². The van der Waals surface area contributed by atoms with Gasteiger partial charge in [-0.15, -0.1) is 10.2 Å². The summed E-state index contributed by atoms with van der Waals surface area (Å²) in [4.78, 5) is 10.1. The number of aromatic amines is 1. The van der Waals surface area contributed by atoms with Crippen molar-refractivity contribution in [1.82, 2.24) is 35.2 Å². The van der Waals surface area contributed by atoms with Gasteiger partial charge in [0.15, 0.2) is 5.65 Å². The van der Waals surface area contributed by atoms with Crippen molar-refractivity contribution in [2.24, 2.45) is 0 Å². The first kappa shape index (κ1) is 24.4. The lowest BCUT2D eigenvalue weighted by Crippen LogP contribution is -2.12. The maximum Gasteiger partial charge on any atom is 0.205 e. The van der Waals surface area contributed by atoms with Crippen LogP contribution in [0.3, 0.4) is 0 Å². The molecule has 7 rings (SSSR count). The average Bonchev–Trinajstić information content (AvgIpc) is 3.75. The smallest absolute Gasteiger partial charge is 0.205 e. The maximum absolute atomic E-state index is 11.2. The number of aliphatic hydroxyl groups excluding tert-OH is 1. The van der Waals surface area contributed by atoms with Crippen LogP contribution in [0.4, 0.5) is 0 Å². The summed E-state index contributed by atoms with van der Waals surface area (Å²) in [6, 6.07) is 26.7. The molecule has 2 N–H and O–H groups in total. The van der Waals surface area contributed by atoms with Gasteiger partial charge in [-0.1, -0.05) is 79.7 Å². The lowest BCUT2D eigenvalue weighted by atomic mass is 9.96. The summed E-state index contributed by atoms with van der Waals surface area (Å²) >= 11 is 0. The molecule has 2 atom stereocenters. The molecule has 0 amide bonds. The van der Waals surface area contributed by atoms with Gasteiger partial charge >= 0.3 is 0 Å². The highest BCUT2D eigenvalue weighted by molar-refractivity contribution is 5.81. The first-order valence-electron chi connectivity index (χ1n) is 13.7. The van der Waals surface area contributed by atoms with Crippen molar-refractivity contribution in [3.8, 4) is 22.5 Å². The van der Waals surface area contributed by atoms with Gasteiger partial charge in [-0.3, -0.25) is 0 Å². The zero-order valence-electron chi connectivity index (χ0n) is 22.4. The van der Waals surface area contributed by atoms with Gasteiger partial charge in [0, 0.05) is 12.0 Å². The molecule has 8 nitrogen and oxygen atoms in total. The lowest BCUT2D eigenvalue weighted by Gasteiger charge is -2.19. The van der Waals surface area contributed by atoms with E-state index in [1.54, 1.807) is 0 Å². The van der Waals surface area contributed by atoms with E-state index in [-0.39, 0.29) is 6.04 Å². The van der Waals surface area contributed by atoms with Gasteiger partial charge < -0.3 is 9.67 Å². The molecular weight excluding hydrogens is 498 g/mol. The Kier molecular flexibility index (Phi) is 5.97. The number of pyridine rings is 1. The Morgan fingerprint density at radius 2 is 1.77 bits per heavy atom. The Hall–Kier alpha value is -4.69. The number of H-pyrrole nitrogens is 1. The predicted molar refractivity (Wildman–Crippen MR) is 154 cm³/mol. The molecule has 0 radical (unpaired) electrons. The number of fused-ring (bicyclic) bond motifs is 2. The van der Waals surface area contributed by atoms with E-state index in [1.165, 1.54) is 11.1 Å². The van der Waals surface area contributed by atoms with E-state index in [4.69, 9.17) is 9.97 Å². The Bertz CT molecular complexity index is 1830. The predicted octanol–water partition coefficient (Wildman–Crippen LogP) is 5.77. The first-order chi connectivity index (χ1) is 19.6. The fourth-order valence-corrected chi connectivity index (χ4v) is 6.04. The minimum Gasteiger partial charge on any atom is -0.382 e. The second kappa shape index (κ2) is 9.81. The van der Waals surface area contributed by atoms with Crippen LogP contribution in [0.25, 0.3) is 33.7 Å². The van der Waals surface area contributed by atoms with Crippen molar-refractivity contribution >= 4 is 11.2 Å². The second-order valence-corrected chi connectivity index (χ2v) is 10.4. The summed E-state index contributed by atoms with van der Waals surface area (Å²) < 4.78 is 2.31. The quantitative estimate of drug-likeness (QED) is 0.285. The van der Waals surface area contributed by atoms with E-state index in [2.05, 4.69) is 63.3 Å². The molecule has 0 aliphatic heterocycles. The molecule has 3 aromatic carbocycles. The maximum atomic E-state index is 11.2. The fraction of sp³-hybridized carbons (Fsp3) is 0.219. The number of nitrogens with one attached hydrogen (secondary N) is 1. The van der Waals surface area contributed by atoms with Crippen LogP contribution >= 0.6 is 0 Å². The summed E-state index contributed by atoms with van der Waals surface area (Å²) in [5, 5.41) is 25.9. The van der Waals surface area contributed by atoms with Crippen LogP contribution in [0.2, 0.25) is 0 Å². The van der Waals surface area contributed by atoms with Gasteiger partial charge in [0.1, 0.15) is 17.4 Å². The fourth-order valence-electron chi connectivity index (χ4n) is 6.04.